The van der Waals surface area contributed by atoms with Gasteiger partial charge in [0.05, 0.1) is 30.0 Å². The van der Waals surface area contributed by atoms with Gasteiger partial charge >= 0.3 is 0 Å². The molecule has 2 aromatic rings. The van der Waals surface area contributed by atoms with Crippen LogP contribution in [0, 0.1) is 0 Å². The quantitative estimate of drug-likeness (QED) is 0.751. The van der Waals surface area contributed by atoms with Gasteiger partial charge in [-0.3, -0.25) is 9.59 Å². The zero-order chi connectivity index (χ0) is 18.9. The van der Waals surface area contributed by atoms with Crippen LogP contribution < -0.4 is 15.4 Å². The summed E-state index contributed by atoms with van der Waals surface area (Å²) in [6, 6.07) is 3.18. The molecule has 8 heteroatoms. The zero-order valence-corrected chi connectivity index (χ0v) is 14.9. The van der Waals surface area contributed by atoms with Crippen LogP contribution in [0.3, 0.4) is 0 Å². The van der Waals surface area contributed by atoms with Gasteiger partial charge in [0.2, 0.25) is 5.88 Å². The fraction of sp³-hybridized carbons (Fsp3) is 0.389. The summed E-state index contributed by atoms with van der Waals surface area (Å²) in [7, 11) is 0. The number of carbonyl (C=O) groups is 2. The highest BCUT2D eigenvalue weighted by molar-refractivity contribution is 6.13. The molecule has 0 saturated carbocycles. The van der Waals surface area contributed by atoms with Gasteiger partial charge < -0.3 is 24.9 Å². The molecular formula is C18H21N3O5. The Hall–Kier alpha value is -2.87. The van der Waals surface area contributed by atoms with Gasteiger partial charge in [-0.05, 0) is 32.9 Å². The molecule has 8 nitrogen and oxygen atoms in total. The molecule has 0 spiro atoms. The molecule has 0 radical (unpaired) electrons. The van der Waals surface area contributed by atoms with Crippen LogP contribution in [0.15, 0.2) is 22.8 Å². The number of aromatic nitrogens is 1. The fourth-order valence-corrected chi connectivity index (χ4v) is 2.86. The molecular weight excluding hydrogens is 338 g/mol. The summed E-state index contributed by atoms with van der Waals surface area (Å²) >= 11 is 0. The van der Waals surface area contributed by atoms with E-state index in [2.05, 4.69) is 15.6 Å². The molecule has 0 aromatic carbocycles. The minimum absolute atomic E-state index is 0.154. The highest BCUT2D eigenvalue weighted by atomic mass is 16.5. The Morgan fingerprint density at radius 2 is 2.23 bits per heavy atom. The van der Waals surface area contributed by atoms with Crippen LogP contribution in [0.1, 0.15) is 52.9 Å². The van der Waals surface area contributed by atoms with Crippen molar-refractivity contribution in [2.75, 3.05) is 11.9 Å². The number of pyridine rings is 1. The standard InChI is InChI=1S/C18H21N3O5/c1-4-25-17-12(6-5-10(8-22)19-17)20-15(23)11-9-26-13-7-18(2,3)21-16(24)14(11)13/h5-6,9,22H,4,7-8H2,1-3H3,(H,20,23)(H,21,24). The summed E-state index contributed by atoms with van der Waals surface area (Å²) in [4.78, 5) is 29.2. The summed E-state index contributed by atoms with van der Waals surface area (Å²) < 4.78 is 10.9. The van der Waals surface area contributed by atoms with Gasteiger partial charge in [0.1, 0.15) is 17.7 Å². The highest BCUT2D eigenvalue weighted by Crippen LogP contribution is 2.29. The number of hydrogen-bond donors (Lipinski definition) is 3. The van der Waals surface area contributed by atoms with Crippen molar-refractivity contribution in [3.8, 4) is 5.88 Å². The minimum Gasteiger partial charge on any atom is -0.476 e. The Morgan fingerprint density at radius 3 is 2.92 bits per heavy atom. The molecule has 0 aliphatic carbocycles. The van der Waals surface area contributed by atoms with E-state index in [9.17, 15) is 14.7 Å². The smallest absolute Gasteiger partial charge is 0.259 e. The molecule has 0 unspecified atom stereocenters. The maximum Gasteiger partial charge on any atom is 0.259 e. The van der Waals surface area contributed by atoms with E-state index >= 15 is 0 Å². The van der Waals surface area contributed by atoms with E-state index in [1.54, 1.807) is 19.1 Å². The number of aliphatic hydroxyl groups excluding tert-OH is 1. The van der Waals surface area contributed by atoms with Gasteiger partial charge in [-0.15, -0.1) is 0 Å². The molecule has 0 bridgehead atoms. The number of fused-ring (bicyclic) bond motifs is 1. The number of hydrogen-bond acceptors (Lipinski definition) is 6. The first-order valence-corrected chi connectivity index (χ1v) is 8.32. The predicted octanol–water partition coefficient (Wildman–Crippen LogP) is 1.88. The maximum absolute atomic E-state index is 12.7. The van der Waals surface area contributed by atoms with Crippen molar-refractivity contribution < 1.29 is 23.8 Å². The second kappa shape index (κ2) is 6.80. The van der Waals surface area contributed by atoms with E-state index < -0.39 is 11.4 Å². The lowest BCUT2D eigenvalue weighted by Gasteiger charge is -2.29. The Kier molecular flexibility index (Phi) is 4.69. The van der Waals surface area contributed by atoms with Crippen molar-refractivity contribution in [2.45, 2.75) is 39.3 Å². The predicted molar refractivity (Wildman–Crippen MR) is 93.2 cm³/mol. The van der Waals surface area contributed by atoms with Crippen LogP contribution in [0.2, 0.25) is 0 Å². The van der Waals surface area contributed by atoms with Gasteiger partial charge in [-0.25, -0.2) is 4.98 Å². The number of amides is 2. The Labute approximate surface area is 150 Å². The Bertz CT molecular complexity index is 857. The van der Waals surface area contributed by atoms with Crippen LogP contribution in [0.5, 0.6) is 5.88 Å². The first-order chi connectivity index (χ1) is 12.3. The van der Waals surface area contributed by atoms with E-state index in [0.29, 0.717) is 30.2 Å². The zero-order valence-electron chi connectivity index (χ0n) is 14.9. The van der Waals surface area contributed by atoms with Gasteiger partial charge in [-0.1, -0.05) is 0 Å². The van der Waals surface area contributed by atoms with Crippen molar-refractivity contribution in [2.24, 2.45) is 0 Å². The van der Waals surface area contributed by atoms with E-state index in [1.165, 1.54) is 6.26 Å². The molecule has 0 atom stereocenters. The molecule has 138 valence electrons. The summed E-state index contributed by atoms with van der Waals surface area (Å²) in [6.45, 7) is 5.68. The molecule has 3 heterocycles. The number of nitrogens with one attached hydrogen (secondary N) is 2. The second-order valence-electron chi connectivity index (χ2n) is 6.66. The summed E-state index contributed by atoms with van der Waals surface area (Å²) in [6.07, 6.45) is 1.79. The van der Waals surface area contributed by atoms with Gasteiger partial charge in [0.25, 0.3) is 11.8 Å². The lowest BCUT2D eigenvalue weighted by Crippen LogP contribution is -2.49. The number of carbonyl (C=O) groups excluding carboxylic acids is 2. The van der Waals surface area contributed by atoms with Crippen LogP contribution in [0.25, 0.3) is 0 Å². The third kappa shape index (κ3) is 3.41. The first-order valence-electron chi connectivity index (χ1n) is 8.32. The van der Waals surface area contributed by atoms with Crippen molar-refractivity contribution in [1.29, 1.82) is 0 Å². The average molecular weight is 359 g/mol. The van der Waals surface area contributed by atoms with Crippen LogP contribution in [-0.4, -0.2) is 34.1 Å². The van der Waals surface area contributed by atoms with Crippen LogP contribution in [-0.2, 0) is 13.0 Å². The molecule has 3 N–H and O–H groups in total. The first kappa shape index (κ1) is 17.9. The number of ether oxygens (including phenoxy) is 1. The van der Waals surface area contributed by atoms with Crippen molar-refractivity contribution in [3.63, 3.8) is 0 Å². The van der Waals surface area contributed by atoms with E-state index in [4.69, 9.17) is 9.15 Å². The molecule has 1 aliphatic heterocycles. The second-order valence-corrected chi connectivity index (χ2v) is 6.66. The van der Waals surface area contributed by atoms with Gasteiger partial charge in [0, 0.05) is 12.0 Å². The minimum atomic E-state index is -0.496. The number of furan rings is 1. The Balaban J connectivity index is 1.89. The van der Waals surface area contributed by atoms with Gasteiger partial charge in [0.15, 0.2) is 0 Å². The van der Waals surface area contributed by atoms with Crippen molar-refractivity contribution in [3.05, 3.63) is 41.0 Å². The molecule has 2 amide bonds. The third-order valence-corrected chi connectivity index (χ3v) is 4.00. The maximum atomic E-state index is 12.7. The average Bonchev–Trinajstić information content (AvgIpc) is 2.99. The van der Waals surface area contributed by atoms with Crippen molar-refractivity contribution >= 4 is 17.5 Å². The molecule has 2 aromatic heterocycles. The lowest BCUT2D eigenvalue weighted by atomic mass is 9.91. The fourth-order valence-electron chi connectivity index (χ4n) is 2.86. The van der Waals surface area contributed by atoms with Crippen LogP contribution >= 0.6 is 0 Å². The number of nitrogens with zero attached hydrogens (tertiary/aromatic N) is 1. The molecule has 1 aliphatic rings. The number of anilines is 1. The number of rotatable bonds is 5. The summed E-state index contributed by atoms with van der Waals surface area (Å²) in [5, 5.41) is 14.7. The molecule has 0 fully saturated rings. The van der Waals surface area contributed by atoms with Gasteiger partial charge in [-0.2, -0.15) is 0 Å². The SMILES string of the molecule is CCOc1nc(CO)ccc1NC(=O)c1coc2c1C(=O)NC(C)(C)C2. The Morgan fingerprint density at radius 1 is 1.46 bits per heavy atom. The van der Waals surface area contributed by atoms with E-state index in [0.717, 1.165) is 0 Å². The lowest BCUT2D eigenvalue weighted by molar-refractivity contribution is 0.0882. The normalized spacial score (nSPS) is 15.2. The highest BCUT2D eigenvalue weighted by Gasteiger charge is 2.36. The molecule has 26 heavy (non-hydrogen) atoms. The summed E-state index contributed by atoms with van der Waals surface area (Å²) in [5.41, 5.74) is 0.748. The van der Waals surface area contributed by atoms with Crippen molar-refractivity contribution in [1.82, 2.24) is 10.3 Å². The molecule has 3 rings (SSSR count). The van der Waals surface area contributed by atoms with E-state index in [-0.39, 0.29) is 29.5 Å². The largest absolute Gasteiger partial charge is 0.476 e. The monoisotopic (exact) mass is 359 g/mol. The third-order valence-electron chi connectivity index (χ3n) is 4.00. The molecule has 0 saturated heterocycles. The number of aliphatic hydroxyl groups is 1. The topological polar surface area (TPSA) is 114 Å². The van der Waals surface area contributed by atoms with Crippen LogP contribution in [0.4, 0.5) is 5.69 Å². The summed E-state index contributed by atoms with van der Waals surface area (Å²) in [5.74, 6) is -0.142. The van der Waals surface area contributed by atoms with E-state index in [1.807, 2.05) is 13.8 Å².